The Balaban J connectivity index is 1.63. The van der Waals surface area contributed by atoms with Crippen LogP contribution in [0.2, 0.25) is 0 Å². The van der Waals surface area contributed by atoms with E-state index in [0.29, 0.717) is 31.9 Å². The number of fused-ring (bicyclic) bond motifs is 1. The number of benzene rings is 1. The third kappa shape index (κ3) is 3.49. The number of hydrogen-bond donors (Lipinski definition) is 0. The summed E-state index contributed by atoms with van der Waals surface area (Å²) in [6, 6.07) is 5.17. The predicted molar refractivity (Wildman–Crippen MR) is 98.1 cm³/mol. The zero-order chi connectivity index (χ0) is 19.0. The molecule has 3 aliphatic heterocycles. The average molecular weight is 391 g/mol. The summed E-state index contributed by atoms with van der Waals surface area (Å²) in [4.78, 5) is 39.4. The van der Waals surface area contributed by atoms with Gasteiger partial charge in [-0.15, -0.1) is 0 Å². The Hall–Kier alpha value is -2.26. The van der Waals surface area contributed by atoms with Crippen LogP contribution in [0.1, 0.15) is 12.8 Å². The summed E-state index contributed by atoms with van der Waals surface area (Å²) in [5, 5.41) is 5.25. The Morgan fingerprint density at radius 3 is 2.81 bits per heavy atom. The SMILES string of the molecule is O=C1CC(=O)N(c2ccc(F)cc2)N=C1C(=O)N1CCS[C@@H]2COCC[C@H]21. The van der Waals surface area contributed by atoms with E-state index in [-0.39, 0.29) is 17.0 Å². The van der Waals surface area contributed by atoms with E-state index in [2.05, 4.69) is 5.10 Å². The van der Waals surface area contributed by atoms with Crippen LogP contribution in [0, 0.1) is 5.82 Å². The molecule has 0 bridgehead atoms. The van der Waals surface area contributed by atoms with Gasteiger partial charge in [0.2, 0.25) is 0 Å². The molecule has 4 rings (SSSR count). The molecule has 1 aromatic rings. The lowest BCUT2D eigenvalue weighted by molar-refractivity contribution is -0.129. The van der Waals surface area contributed by atoms with E-state index < -0.39 is 29.8 Å². The fraction of sp³-hybridized carbons (Fsp3) is 0.444. The predicted octanol–water partition coefficient (Wildman–Crippen LogP) is 1.22. The maximum Gasteiger partial charge on any atom is 0.278 e. The maximum absolute atomic E-state index is 13.2. The van der Waals surface area contributed by atoms with Crippen LogP contribution in [0.15, 0.2) is 29.4 Å². The van der Waals surface area contributed by atoms with Crippen LogP contribution in [-0.2, 0) is 19.1 Å². The van der Waals surface area contributed by atoms with Gasteiger partial charge >= 0.3 is 0 Å². The fourth-order valence-corrected chi connectivity index (χ4v) is 4.83. The lowest BCUT2D eigenvalue weighted by atomic mass is 10.0. The molecule has 0 radical (unpaired) electrons. The first kappa shape index (κ1) is 18.1. The van der Waals surface area contributed by atoms with Crippen molar-refractivity contribution in [3.05, 3.63) is 30.1 Å². The van der Waals surface area contributed by atoms with Crippen molar-refractivity contribution in [2.24, 2.45) is 5.10 Å². The summed E-state index contributed by atoms with van der Waals surface area (Å²) in [6.45, 7) is 1.69. The average Bonchev–Trinajstić information content (AvgIpc) is 2.68. The van der Waals surface area contributed by atoms with Gasteiger partial charge in [0.05, 0.1) is 18.7 Å². The first-order valence-electron chi connectivity index (χ1n) is 8.75. The monoisotopic (exact) mass is 391 g/mol. The smallest absolute Gasteiger partial charge is 0.278 e. The van der Waals surface area contributed by atoms with Crippen molar-refractivity contribution in [3.8, 4) is 0 Å². The fourth-order valence-electron chi connectivity index (χ4n) is 3.53. The maximum atomic E-state index is 13.2. The second-order valence-corrected chi connectivity index (χ2v) is 7.92. The first-order chi connectivity index (χ1) is 13.0. The van der Waals surface area contributed by atoms with Gasteiger partial charge in [-0.1, -0.05) is 0 Å². The van der Waals surface area contributed by atoms with Gasteiger partial charge < -0.3 is 9.64 Å². The molecular weight excluding hydrogens is 373 g/mol. The molecule has 0 saturated carbocycles. The van der Waals surface area contributed by atoms with Crippen LogP contribution in [-0.4, -0.2) is 65.0 Å². The second-order valence-electron chi connectivity index (χ2n) is 6.57. The molecule has 9 heteroatoms. The number of nitrogens with zero attached hydrogens (tertiary/aromatic N) is 3. The molecule has 0 N–H and O–H groups in total. The van der Waals surface area contributed by atoms with Gasteiger partial charge in [-0.2, -0.15) is 21.9 Å². The number of anilines is 1. The van der Waals surface area contributed by atoms with Crippen LogP contribution >= 0.6 is 11.8 Å². The number of hydrogen-bond acceptors (Lipinski definition) is 6. The van der Waals surface area contributed by atoms with Gasteiger partial charge in [-0.05, 0) is 30.7 Å². The van der Waals surface area contributed by atoms with E-state index in [1.165, 1.54) is 24.3 Å². The van der Waals surface area contributed by atoms with Crippen LogP contribution in [0.4, 0.5) is 10.1 Å². The Morgan fingerprint density at radius 2 is 2.04 bits per heavy atom. The molecule has 2 atom stereocenters. The third-order valence-electron chi connectivity index (χ3n) is 4.88. The van der Waals surface area contributed by atoms with Crippen LogP contribution in [0.25, 0.3) is 0 Å². The summed E-state index contributed by atoms with van der Waals surface area (Å²) in [6.07, 6.45) is 0.285. The highest BCUT2D eigenvalue weighted by Crippen LogP contribution is 2.31. The second kappa shape index (κ2) is 7.40. The Morgan fingerprint density at radius 1 is 1.26 bits per heavy atom. The number of carbonyl (C=O) groups excluding carboxylic acids is 3. The minimum absolute atomic E-state index is 0.00241. The molecule has 3 aliphatic rings. The highest BCUT2D eigenvalue weighted by molar-refractivity contribution is 8.00. The standard InChI is InChI=1S/C18H18FN3O4S/c19-11-1-3-12(4-2-11)22-16(24)9-14(23)17(20-22)18(25)21-6-8-27-15-10-26-7-5-13(15)21/h1-4,13,15H,5-10H2/t13-,15-/m1/s1. The summed E-state index contributed by atoms with van der Waals surface area (Å²) in [5.74, 6) is -1.25. The van der Waals surface area contributed by atoms with E-state index in [1.54, 1.807) is 16.7 Å². The first-order valence-corrected chi connectivity index (χ1v) is 9.80. The Labute approximate surface area is 159 Å². The molecule has 7 nitrogen and oxygen atoms in total. The number of amides is 2. The molecule has 2 amide bonds. The number of Topliss-reactive ketones (excluding diaryl/α,β-unsaturated/α-hetero) is 1. The number of carbonyl (C=O) groups is 3. The van der Waals surface area contributed by atoms with E-state index in [1.807, 2.05) is 0 Å². The van der Waals surface area contributed by atoms with Crippen molar-refractivity contribution in [3.63, 3.8) is 0 Å². The number of hydrazone groups is 1. The van der Waals surface area contributed by atoms with Crippen LogP contribution in [0.3, 0.4) is 0 Å². The van der Waals surface area contributed by atoms with Crippen LogP contribution in [0.5, 0.6) is 0 Å². The normalized spacial score (nSPS) is 25.9. The largest absolute Gasteiger partial charge is 0.380 e. The van der Waals surface area contributed by atoms with E-state index in [0.717, 1.165) is 10.8 Å². The van der Waals surface area contributed by atoms with Crippen molar-refractivity contribution in [1.29, 1.82) is 0 Å². The van der Waals surface area contributed by atoms with Gasteiger partial charge in [-0.25, -0.2) is 4.39 Å². The van der Waals surface area contributed by atoms with Crippen molar-refractivity contribution in [2.75, 3.05) is 30.5 Å². The van der Waals surface area contributed by atoms with Gasteiger partial charge in [-0.3, -0.25) is 14.4 Å². The minimum atomic E-state index is -0.579. The van der Waals surface area contributed by atoms with Crippen molar-refractivity contribution in [2.45, 2.75) is 24.1 Å². The minimum Gasteiger partial charge on any atom is -0.380 e. The molecule has 0 aromatic heterocycles. The van der Waals surface area contributed by atoms with E-state index in [9.17, 15) is 18.8 Å². The van der Waals surface area contributed by atoms with Gasteiger partial charge in [0, 0.05) is 30.2 Å². The van der Waals surface area contributed by atoms with Crippen molar-refractivity contribution < 1.29 is 23.5 Å². The number of ketones is 1. The van der Waals surface area contributed by atoms with Crippen LogP contribution < -0.4 is 5.01 Å². The number of rotatable bonds is 2. The molecule has 1 aromatic carbocycles. The quantitative estimate of drug-likeness (QED) is 0.709. The van der Waals surface area contributed by atoms with Crippen molar-refractivity contribution >= 4 is 40.8 Å². The number of ether oxygens (including phenoxy) is 1. The summed E-state index contributed by atoms with van der Waals surface area (Å²) in [7, 11) is 0. The summed E-state index contributed by atoms with van der Waals surface area (Å²) in [5.41, 5.74) is 0.0772. The molecule has 2 fully saturated rings. The Kier molecular flexibility index (Phi) is 4.96. The van der Waals surface area contributed by atoms with Gasteiger partial charge in [0.15, 0.2) is 11.5 Å². The number of thioether (sulfide) groups is 1. The summed E-state index contributed by atoms with van der Waals surface area (Å²) >= 11 is 1.77. The lowest BCUT2D eigenvalue weighted by Crippen LogP contribution is -2.57. The topological polar surface area (TPSA) is 79.3 Å². The Bertz CT molecular complexity index is 811. The molecule has 3 heterocycles. The third-order valence-corrected chi connectivity index (χ3v) is 6.18. The lowest BCUT2D eigenvalue weighted by Gasteiger charge is -2.43. The highest BCUT2D eigenvalue weighted by atomic mass is 32.2. The zero-order valence-corrected chi connectivity index (χ0v) is 15.3. The highest BCUT2D eigenvalue weighted by Gasteiger charge is 2.41. The molecule has 142 valence electrons. The van der Waals surface area contributed by atoms with Gasteiger partial charge in [0.1, 0.15) is 5.82 Å². The molecule has 0 unspecified atom stereocenters. The number of halogens is 1. The zero-order valence-electron chi connectivity index (χ0n) is 14.5. The van der Waals surface area contributed by atoms with Gasteiger partial charge in [0.25, 0.3) is 11.8 Å². The molecular formula is C18H18FN3O4S. The van der Waals surface area contributed by atoms with Crippen molar-refractivity contribution in [1.82, 2.24) is 4.90 Å². The molecule has 2 saturated heterocycles. The van der Waals surface area contributed by atoms with E-state index >= 15 is 0 Å². The molecule has 0 aliphatic carbocycles. The summed E-state index contributed by atoms with van der Waals surface area (Å²) < 4.78 is 18.6. The molecule has 0 spiro atoms. The molecule has 27 heavy (non-hydrogen) atoms. The van der Waals surface area contributed by atoms with E-state index in [4.69, 9.17) is 4.74 Å².